The molecule has 5 nitrogen and oxygen atoms in total. The molecule has 1 saturated heterocycles. The maximum atomic E-state index is 12.7. The van der Waals surface area contributed by atoms with E-state index >= 15 is 0 Å². The molecule has 1 amide bonds. The molecule has 26 heavy (non-hydrogen) atoms. The summed E-state index contributed by atoms with van der Waals surface area (Å²) >= 11 is 6.47. The summed E-state index contributed by atoms with van der Waals surface area (Å²) in [6, 6.07) is 9.92. The minimum Gasteiger partial charge on any atom is -0.350 e. The van der Waals surface area contributed by atoms with E-state index < -0.39 is 0 Å². The van der Waals surface area contributed by atoms with E-state index in [9.17, 15) is 4.79 Å². The van der Waals surface area contributed by atoms with Crippen LogP contribution in [0.3, 0.4) is 0 Å². The van der Waals surface area contributed by atoms with Gasteiger partial charge in [0, 0.05) is 12.6 Å². The van der Waals surface area contributed by atoms with Crippen LogP contribution in [0.4, 0.5) is 0 Å². The van der Waals surface area contributed by atoms with Gasteiger partial charge in [0.1, 0.15) is 5.15 Å². The molecule has 140 valence electrons. The zero-order valence-corrected chi connectivity index (χ0v) is 16.5. The number of likely N-dealkylation sites (tertiary alicyclic amines) is 1. The fourth-order valence-electron chi connectivity index (χ4n) is 3.42. The molecule has 1 N–H and O–H groups in total. The Labute approximate surface area is 160 Å². The van der Waals surface area contributed by atoms with Crippen LogP contribution in [0, 0.1) is 12.8 Å². The van der Waals surface area contributed by atoms with Crippen molar-refractivity contribution < 1.29 is 4.79 Å². The number of amides is 1. The molecule has 2 aromatic rings. The van der Waals surface area contributed by atoms with Crippen molar-refractivity contribution in [1.29, 1.82) is 0 Å². The molecule has 1 aromatic carbocycles. The largest absolute Gasteiger partial charge is 0.350 e. The lowest BCUT2D eigenvalue weighted by Gasteiger charge is -2.35. The van der Waals surface area contributed by atoms with E-state index in [0.29, 0.717) is 29.0 Å². The number of nitrogens with one attached hydrogen (secondary N) is 1. The maximum Gasteiger partial charge on any atom is 0.256 e. The van der Waals surface area contributed by atoms with Gasteiger partial charge in [-0.2, -0.15) is 5.10 Å². The number of carbonyl (C=O) groups excluding carboxylic acids is 1. The number of halogens is 1. The van der Waals surface area contributed by atoms with E-state index in [1.165, 1.54) is 12.8 Å². The number of carbonyl (C=O) groups is 1. The summed E-state index contributed by atoms with van der Waals surface area (Å²) in [6.07, 6.45) is 2.46. The van der Waals surface area contributed by atoms with Crippen molar-refractivity contribution in [1.82, 2.24) is 20.0 Å². The van der Waals surface area contributed by atoms with Crippen molar-refractivity contribution in [2.24, 2.45) is 5.92 Å². The van der Waals surface area contributed by atoms with Gasteiger partial charge >= 0.3 is 0 Å². The van der Waals surface area contributed by atoms with Crippen molar-refractivity contribution in [2.75, 3.05) is 19.6 Å². The van der Waals surface area contributed by atoms with Gasteiger partial charge in [-0.15, -0.1) is 0 Å². The zero-order chi connectivity index (χ0) is 18.7. The lowest BCUT2D eigenvalue weighted by atomic mass is 9.98. The van der Waals surface area contributed by atoms with Gasteiger partial charge in [0.15, 0.2) is 0 Å². The van der Waals surface area contributed by atoms with Crippen LogP contribution in [0.2, 0.25) is 5.15 Å². The Hall–Kier alpha value is -1.85. The number of piperidine rings is 1. The number of rotatable bonds is 5. The molecule has 1 aromatic heterocycles. The standard InChI is InChI=1S/C20H27ClN4O/c1-14-9-11-24(12-10-14)15(2)13-22-20(26)18-16(3)23-25(19(18)21)17-7-5-4-6-8-17/h4-8,14-15H,9-13H2,1-3H3,(H,22,26)/t15-/m0/s1. The molecule has 0 unspecified atom stereocenters. The number of para-hydroxylation sites is 1. The normalized spacial score (nSPS) is 17.2. The maximum absolute atomic E-state index is 12.7. The van der Waals surface area contributed by atoms with E-state index in [1.54, 1.807) is 4.68 Å². The first-order valence-electron chi connectivity index (χ1n) is 9.30. The predicted molar refractivity (Wildman–Crippen MR) is 105 cm³/mol. The second kappa shape index (κ2) is 8.23. The van der Waals surface area contributed by atoms with Gasteiger partial charge in [0.2, 0.25) is 0 Å². The Morgan fingerprint density at radius 1 is 1.31 bits per heavy atom. The topological polar surface area (TPSA) is 50.2 Å². The highest BCUT2D eigenvalue weighted by Gasteiger charge is 2.24. The molecule has 1 atom stereocenters. The van der Waals surface area contributed by atoms with Crippen LogP contribution in [0.5, 0.6) is 0 Å². The van der Waals surface area contributed by atoms with E-state index in [1.807, 2.05) is 37.3 Å². The summed E-state index contributed by atoms with van der Waals surface area (Å²) in [7, 11) is 0. The number of benzene rings is 1. The third kappa shape index (κ3) is 4.10. The van der Waals surface area contributed by atoms with Crippen molar-refractivity contribution in [3.05, 3.63) is 46.7 Å². The van der Waals surface area contributed by atoms with Gasteiger partial charge in [0.05, 0.1) is 16.9 Å². The van der Waals surface area contributed by atoms with E-state index in [4.69, 9.17) is 11.6 Å². The van der Waals surface area contributed by atoms with E-state index in [-0.39, 0.29) is 5.91 Å². The Balaban J connectivity index is 1.66. The summed E-state index contributed by atoms with van der Waals surface area (Å²) in [5, 5.41) is 7.83. The van der Waals surface area contributed by atoms with Crippen LogP contribution in [0.25, 0.3) is 5.69 Å². The third-order valence-electron chi connectivity index (χ3n) is 5.23. The molecule has 6 heteroatoms. The van der Waals surface area contributed by atoms with Crippen molar-refractivity contribution in [3.63, 3.8) is 0 Å². The number of aryl methyl sites for hydroxylation is 1. The Bertz CT molecular complexity index is 751. The quantitative estimate of drug-likeness (QED) is 0.868. The average molecular weight is 375 g/mol. The van der Waals surface area contributed by atoms with Crippen molar-refractivity contribution in [2.45, 2.75) is 39.7 Å². The van der Waals surface area contributed by atoms with Gasteiger partial charge in [-0.25, -0.2) is 4.68 Å². The summed E-state index contributed by atoms with van der Waals surface area (Å²) in [4.78, 5) is 15.1. The molecule has 2 heterocycles. The summed E-state index contributed by atoms with van der Waals surface area (Å²) in [6.45, 7) is 9.10. The van der Waals surface area contributed by atoms with Gasteiger partial charge in [-0.3, -0.25) is 9.69 Å². The minimum absolute atomic E-state index is 0.160. The molecular weight excluding hydrogens is 348 g/mol. The first-order valence-corrected chi connectivity index (χ1v) is 9.68. The van der Waals surface area contributed by atoms with E-state index in [2.05, 4.69) is 29.2 Å². The fraction of sp³-hybridized carbons (Fsp3) is 0.500. The monoisotopic (exact) mass is 374 g/mol. The Kier molecular flexibility index (Phi) is 5.99. The first-order chi connectivity index (χ1) is 12.5. The van der Waals surface area contributed by atoms with Crippen molar-refractivity contribution >= 4 is 17.5 Å². The number of hydrogen-bond acceptors (Lipinski definition) is 3. The summed E-state index contributed by atoms with van der Waals surface area (Å²) in [5.74, 6) is 0.644. The molecule has 0 radical (unpaired) electrons. The molecule has 1 aliphatic rings. The molecular formula is C20H27ClN4O. The van der Waals surface area contributed by atoms with Crippen molar-refractivity contribution in [3.8, 4) is 5.69 Å². The van der Waals surface area contributed by atoms with Crippen LogP contribution in [-0.2, 0) is 0 Å². The lowest BCUT2D eigenvalue weighted by molar-refractivity contribution is 0.0921. The van der Waals surface area contributed by atoms with E-state index in [0.717, 1.165) is 24.7 Å². The molecule has 0 aliphatic carbocycles. The first kappa shape index (κ1) is 18.9. The molecule has 0 saturated carbocycles. The lowest BCUT2D eigenvalue weighted by Crippen LogP contribution is -2.45. The second-order valence-electron chi connectivity index (χ2n) is 7.28. The smallest absolute Gasteiger partial charge is 0.256 e. The zero-order valence-electron chi connectivity index (χ0n) is 15.7. The molecule has 3 rings (SSSR count). The Morgan fingerprint density at radius 2 is 1.96 bits per heavy atom. The molecule has 0 spiro atoms. The van der Waals surface area contributed by atoms with Gasteiger partial charge in [-0.1, -0.05) is 36.7 Å². The fourth-order valence-corrected chi connectivity index (χ4v) is 3.78. The summed E-state index contributed by atoms with van der Waals surface area (Å²) in [5.41, 5.74) is 1.93. The number of aromatic nitrogens is 2. The Morgan fingerprint density at radius 3 is 2.62 bits per heavy atom. The van der Waals surface area contributed by atoms with Gasteiger partial charge in [-0.05, 0) is 57.8 Å². The second-order valence-corrected chi connectivity index (χ2v) is 7.63. The number of nitrogens with zero attached hydrogens (tertiary/aromatic N) is 3. The molecule has 0 bridgehead atoms. The summed E-state index contributed by atoms with van der Waals surface area (Å²) < 4.78 is 1.61. The third-order valence-corrected chi connectivity index (χ3v) is 5.58. The van der Waals surface area contributed by atoms with Crippen LogP contribution < -0.4 is 5.32 Å². The van der Waals surface area contributed by atoms with Crippen LogP contribution in [0.15, 0.2) is 30.3 Å². The number of hydrogen-bond donors (Lipinski definition) is 1. The SMILES string of the molecule is Cc1nn(-c2ccccc2)c(Cl)c1C(=O)NC[C@H](C)N1CCC(C)CC1. The highest BCUT2D eigenvalue weighted by Crippen LogP contribution is 2.23. The van der Waals surface area contributed by atoms with Gasteiger partial charge < -0.3 is 5.32 Å². The van der Waals surface area contributed by atoms with Gasteiger partial charge in [0.25, 0.3) is 5.91 Å². The van der Waals surface area contributed by atoms with Crippen LogP contribution >= 0.6 is 11.6 Å². The van der Waals surface area contributed by atoms with Crippen LogP contribution in [0.1, 0.15) is 42.7 Å². The minimum atomic E-state index is -0.160. The average Bonchev–Trinajstić information content (AvgIpc) is 2.95. The molecule has 1 fully saturated rings. The predicted octanol–water partition coefficient (Wildman–Crippen LogP) is 3.68. The highest BCUT2D eigenvalue weighted by atomic mass is 35.5. The highest BCUT2D eigenvalue weighted by molar-refractivity contribution is 6.33. The molecule has 1 aliphatic heterocycles. The van der Waals surface area contributed by atoms with Crippen LogP contribution in [-0.4, -0.2) is 46.3 Å².